The Hall–Kier alpha value is -3.21. The van der Waals surface area contributed by atoms with E-state index >= 15 is 0 Å². The van der Waals surface area contributed by atoms with E-state index < -0.39 is 0 Å². The second-order valence-corrected chi connectivity index (χ2v) is 9.14. The number of nitro groups is 1. The van der Waals surface area contributed by atoms with Gasteiger partial charge >= 0.3 is 0 Å². The molecule has 0 bridgehead atoms. The Labute approximate surface area is 177 Å². The standard InChI is InChI=1S/C25H28N3O2/c1-24(2)18-10-7-8-11-20(18)26(5)22(24)12-9-13-23-25(3,4)19-15-14-17(28(29)30)16-21(19)27(23)6/h7-16H,1-6H3/q+1. The molecule has 4 rings (SSSR count). The van der Waals surface area contributed by atoms with E-state index in [0.717, 1.165) is 16.9 Å². The maximum Gasteiger partial charge on any atom is 0.271 e. The molecule has 5 heteroatoms. The first-order valence-corrected chi connectivity index (χ1v) is 10.2. The minimum Gasteiger partial charge on any atom is -0.347 e. The number of likely N-dealkylation sites (N-methyl/N-ethyl adjacent to an activating group) is 1. The molecular weight excluding hydrogens is 374 g/mol. The molecule has 2 aromatic carbocycles. The van der Waals surface area contributed by atoms with E-state index in [1.54, 1.807) is 12.1 Å². The molecule has 0 saturated carbocycles. The van der Waals surface area contributed by atoms with Crippen LogP contribution < -0.4 is 4.90 Å². The van der Waals surface area contributed by atoms with Crippen LogP contribution in [-0.4, -0.2) is 29.3 Å². The first-order chi connectivity index (χ1) is 14.1. The Bertz CT molecular complexity index is 1150. The smallest absolute Gasteiger partial charge is 0.271 e. The van der Waals surface area contributed by atoms with Gasteiger partial charge < -0.3 is 4.90 Å². The quantitative estimate of drug-likeness (QED) is 0.389. The van der Waals surface area contributed by atoms with Crippen molar-refractivity contribution in [1.82, 2.24) is 0 Å². The zero-order valence-corrected chi connectivity index (χ0v) is 18.4. The van der Waals surface area contributed by atoms with Gasteiger partial charge in [0.2, 0.25) is 5.69 Å². The fourth-order valence-corrected chi connectivity index (χ4v) is 4.98. The molecule has 30 heavy (non-hydrogen) atoms. The van der Waals surface area contributed by atoms with Crippen LogP contribution in [0.5, 0.6) is 0 Å². The molecule has 0 aliphatic carbocycles. The van der Waals surface area contributed by atoms with Gasteiger partial charge in [-0.25, -0.2) is 0 Å². The summed E-state index contributed by atoms with van der Waals surface area (Å²) in [5, 5.41) is 11.2. The molecule has 2 heterocycles. The number of anilines is 1. The molecule has 0 aromatic heterocycles. The van der Waals surface area contributed by atoms with Crippen molar-refractivity contribution < 1.29 is 9.50 Å². The van der Waals surface area contributed by atoms with Crippen molar-refractivity contribution in [3.05, 3.63) is 87.6 Å². The van der Waals surface area contributed by atoms with E-state index in [1.807, 2.05) is 13.1 Å². The number of nitrogens with zero attached hydrogens (tertiary/aromatic N) is 3. The highest BCUT2D eigenvalue weighted by Crippen LogP contribution is 2.48. The van der Waals surface area contributed by atoms with E-state index in [4.69, 9.17) is 0 Å². The Kier molecular flexibility index (Phi) is 4.46. The number of fused-ring (bicyclic) bond motifs is 2. The number of para-hydroxylation sites is 1. The molecule has 0 radical (unpaired) electrons. The Morgan fingerprint density at radius 3 is 2.40 bits per heavy atom. The van der Waals surface area contributed by atoms with Crippen LogP contribution >= 0.6 is 0 Å². The van der Waals surface area contributed by atoms with Gasteiger partial charge in [0.05, 0.1) is 16.0 Å². The van der Waals surface area contributed by atoms with Crippen molar-refractivity contribution in [3.8, 4) is 0 Å². The monoisotopic (exact) mass is 402 g/mol. The molecule has 0 amide bonds. The van der Waals surface area contributed by atoms with Gasteiger partial charge in [0.15, 0.2) is 5.71 Å². The number of allylic oxidation sites excluding steroid dienone is 4. The van der Waals surface area contributed by atoms with Crippen LogP contribution in [0.4, 0.5) is 17.1 Å². The van der Waals surface area contributed by atoms with Gasteiger partial charge in [-0.1, -0.05) is 38.1 Å². The Morgan fingerprint density at radius 2 is 1.73 bits per heavy atom. The molecule has 2 aromatic rings. The maximum atomic E-state index is 11.2. The third-order valence-corrected chi connectivity index (χ3v) is 6.68. The predicted molar refractivity (Wildman–Crippen MR) is 122 cm³/mol. The van der Waals surface area contributed by atoms with E-state index in [1.165, 1.54) is 17.0 Å². The third-order valence-electron chi connectivity index (χ3n) is 6.68. The number of hydrogen-bond donors (Lipinski definition) is 0. The van der Waals surface area contributed by atoms with Crippen LogP contribution in [0.2, 0.25) is 0 Å². The Balaban J connectivity index is 1.70. The zero-order valence-electron chi connectivity index (χ0n) is 18.4. The van der Waals surface area contributed by atoms with Crippen LogP contribution in [-0.2, 0) is 10.8 Å². The van der Waals surface area contributed by atoms with Crippen LogP contribution in [0.1, 0.15) is 38.8 Å². The van der Waals surface area contributed by atoms with Gasteiger partial charge in [-0.15, -0.1) is 0 Å². The summed E-state index contributed by atoms with van der Waals surface area (Å²) in [6, 6.07) is 13.7. The highest BCUT2D eigenvalue weighted by atomic mass is 16.6. The van der Waals surface area contributed by atoms with Crippen molar-refractivity contribution in [2.45, 2.75) is 38.5 Å². The third kappa shape index (κ3) is 2.80. The Morgan fingerprint density at radius 1 is 1.03 bits per heavy atom. The summed E-state index contributed by atoms with van der Waals surface area (Å²) < 4.78 is 2.26. The van der Waals surface area contributed by atoms with E-state index in [9.17, 15) is 10.1 Å². The fourth-order valence-electron chi connectivity index (χ4n) is 4.98. The van der Waals surface area contributed by atoms with Gasteiger partial charge in [0.1, 0.15) is 7.05 Å². The minimum atomic E-state index is -0.338. The van der Waals surface area contributed by atoms with Gasteiger partial charge in [-0.05, 0) is 31.6 Å². The van der Waals surface area contributed by atoms with Crippen molar-refractivity contribution in [2.24, 2.45) is 0 Å². The highest BCUT2D eigenvalue weighted by Gasteiger charge is 2.43. The highest BCUT2D eigenvalue weighted by molar-refractivity contribution is 6.03. The number of non-ortho nitro benzene ring substituents is 1. The van der Waals surface area contributed by atoms with Crippen LogP contribution in [0.3, 0.4) is 0 Å². The lowest BCUT2D eigenvalue weighted by atomic mass is 9.81. The largest absolute Gasteiger partial charge is 0.347 e. The van der Waals surface area contributed by atoms with Gasteiger partial charge in [0.25, 0.3) is 5.69 Å². The van der Waals surface area contributed by atoms with Gasteiger partial charge in [-0.3, -0.25) is 10.1 Å². The van der Waals surface area contributed by atoms with Crippen molar-refractivity contribution in [3.63, 3.8) is 0 Å². The lowest BCUT2D eigenvalue weighted by molar-refractivity contribution is -0.401. The summed E-state index contributed by atoms with van der Waals surface area (Å²) in [6.07, 6.45) is 6.42. The molecule has 5 nitrogen and oxygen atoms in total. The topological polar surface area (TPSA) is 49.4 Å². The summed E-state index contributed by atoms with van der Waals surface area (Å²) >= 11 is 0. The lowest BCUT2D eigenvalue weighted by Gasteiger charge is -2.23. The molecule has 0 N–H and O–H groups in total. The van der Waals surface area contributed by atoms with E-state index in [-0.39, 0.29) is 21.4 Å². The van der Waals surface area contributed by atoms with Crippen molar-refractivity contribution >= 4 is 22.8 Å². The zero-order chi connectivity index (χ0) is 21.8. The molecule has 2 aliphatic heterocycles. The second-order valence-electron chi connectivity index (χ2n) is 9.14. The van der Waals surface area contributed by atoms with Gasteiger partial charge in [0, 0.05) is 48.0 Å². The molecule has 0 saturated heterocycles. The van der Waals surface area contributed by atoms with Crippen LogP contribution in [0.15, 0.2) is 66.4 Å². The van der Waals surface area contributed by atoms with Crippen LogP contribution in [0, 0.1) is 10.1 Å². The van der Waals surface area contributed by atoms with Crippen molar-refractivity contribution in [2.75, 3.05) is 19.0 Å². The summed E-state index contributed by atoms with van der Waals surface area (Å²) in [5.41, 5.74) is 6.76. The van der Waals surface area contributed by atoms with Crippen LogP contribution in [0.25, 0.3) is 0 Å². The predicted octanol–water partition coefficient (Wildman–Crippen LogP) is 5.47. The molecule has 2 aliphatic rings. The SMILES string of the molecule is CN1/C(=C\C=C\C2=[N+](C)c3ccccc3C2(C)C)C(C)(C)c2ccc([N+](=O)[O-])cc21. The number of benzene rings is 2. The molecular formula is C25H28N3O2+. The van der Waals surface area contributed by atoms with Crippen molar-refractivity contribution in [1.29, 1.82) is 0 Å². The van der Waals surface area contributed by atoms with Gasteiger partial charge in [-0.2, -0.15) is 4.58 Å². The fraction of sp³-hybridized carbons (Fsp3) is 0.320. The number of nitro benzene ring substituents is 1. The average Bonchev–Trinajstić information content (AvgIpc) is 3.02. The second kappa shape index (κ2) is 6.66. The molecule has 0 spiro atoms. The van der Waals surface area contributed by atoms with E-state index in [2.05, 4.69) is 86.7 Å². The first-order valence-electron chi connectivity index (χ1n) is 10.2. The molecule has 154 valence electrons. The maximum absolute atomic E-state index is 11.2. The van der Waals surface area contributed by atoms with E-state index in [0.29, 0.717) is 0 Å². The number of hydrogen-bond acceptors (Lipinski definition) is 3. The average molecular weight is 403 g/mol. The molecule has 0 fully saturated rings. The summed E-state index contributed by atoms with van der Waals surface area (Å²) in [5.74, 6) is 0. The first kappa shape index (κ1) is 20.1. The normalized spacial score (nSPS) is 20.2. The molecule has 0 atom stereocenters. The minimum absolute atomic E-state index is 0.0684. The number of rotatable bonds is 3. The summed E-state index contributed by atoms with van der Waals surface area (Å²) in [6.45, 7) is 8.83. The molecule has 0 unspecified atom stereocenters. The lowest BCUT2D eigenvalue weighted by Crippen LogP contribution is -2.26. The summed E-state index contributed by atoms with van der Waals surface area (Å²) in [7, 11) is 4.09. The summed E-state index contributed by atoms with van der Waals surface area (Å²) in [4.78, 5) is 12.9.